The molecule has 25 heavy (non-hydrogen) atoms. The van der Waals surface area contributed by atoms with Gasteiger partial charge in [-0.05, 0) is 22.4 Å². The largest absolute Gasteiger partial charge is 0.274 e. The first-order valence-electron chi connectivity index (χ1n) is 8.29. The Morgan fingerprint density at radius 3 is 1.40 bits per heavy atom. The molecule has 3 heteroatoms. The number of benzene rings is 3. The van der Waals surface area contributed by atoms with Gasteiger partial charge in [-0.25, -0.2) is 0 Å². The van der Waals surface area contributed by atoms with Gasteiger partial charge >= 0.3 is 0 Å². The van der Waals surface area contributed by atoms with Gasteiger partial charge in [0.15, 0.2) is 0 Å². The lowest BCUT2D eigenvalue weighted by molar-refractivity contribution is 0.276. The maximum absolute atomic E-state index is 12.7. The molecule has 3 aromatic rings. The first-order valence-corrected chi connectivity index (χ1v) is 10.1. The minimum Gasteiger partial charge on any atom is -0.274 e. The summed E-state index contributed by atoms with van der Waals surface area (Å²) in [6, 6.07) is 30.9. The molecule has 1 nitrogen and oxygen atoms in total. The van der Waals surface area contributed by atoms with Gasteiger partial charge in [-0.2, -0.15) is 0 Å². The number of carbonyl (C=O) groups is 1. The second-order valence-electron chi connectivity index (χ2n) is 5.56. The summed E-state index contributed by atoms with van der Waals surface area (Å²) in [6.45, 7) is 2.01. The minimum absolute atomic E-state index is 0.138. The topological polar surface area (TPSA) is 17.1 Å². The second-order valence-corrected chi connectivity index (χ2v) is 8.25. The normalized spacial score (nSPS) is 11.2. The van der Waals surface area contributed by atoms with E-state index in [4.69, 9.17) is 0 Å². The molecule has 0 radical (unpaired) electrons. The summed E-state index contributed by atoms with van der Waals surface area (Å²) in [7, 11) is 0. The Bertz CT molecular complexity index is 705. The van der Waals surface area contributed by atoms with Crippen LogP contribution in [0.2, 0.25) is 0 Å². The van der Waals surface area contributed by atoms with Crippen LogP contribution in [0.25, 0.3) is 0 Å². The van der Waals surface area contributed by atoms with E-state index in [1.807, 2.05) is 61.5 Å². The van der Waals surface area contributed by atoms with Crippen LogP contribution in [0.5, 0.6) is 0 Å². The van der Waals surface area contributed by atoms with Crippen LogP contribution >= 0.6 is 23.5 Å². The van der Waals surface area contributed by atoms with Crippen molar-refractivity contribution in [2.75, 3.05) is 5.75 Å². The fourth-order valence-electron chi connectivity index (χ4n) is 2.97. The predicted octanol–water partition coefficient (Wildman–Crippen LogP) is 6.58. The summed E-state index contributed by atoms with van der Waals surface area (Å²) in [5, 5.41) is 0. The fraction of sp³-hybridized carbons (Fsp3) is 0.136. The molecule has 0 aliphatic carbocycles. The predicted molar refractivity (Wildman–Crippen MR) is 110 cm³/mol. The van der Waals surface area contributed by atoms with Crippen molar-refractivity contribution in [1.82, 2.24) is 0 Å². The molecule has 0 N–H and O–H groups in total. The van der Waals surface area contributed by atoms with Crippen molar-refractivity contribution in [2.45, 2.75) is 11.7 Å². The lowest BCUT2D eigenvalue weighted by Gasteiger charge is -2.34. The molecular weight excluding hydrogens is 344 g/mol. The zero-order valence-electron chi connectivity index (χ0n) is 14.1. The highest BCUT2D eigenvalue weighted by atomic mass is 32.2. The molecule has 0 heterocycles. The number of carbonyl (C=O) groups excluding carboxylic acids is 1. The van der Waals surface area contributed by atoms with Crippen LogP contribution < -0.4 is 0 Å². The molecule has 0 atom stereocenters. The number of hydrogen-bond donors (Lipinski definition) is 0. The van der Waals surface area contributed by atoms with E-state index in [1.54, 1.807) is 0 Å². The van der Waals surface area contributed by atoms with Crippen LogP contribution in [-0.2, 0) is 4.75 Å². The Morgan fingerprint density at radius 2 is 1.08 bits per heavy atom. The average Bonchev–Trinajstić information content (AvgIpc) is 2.68. The second kappa shape index (κ2) is 8.41. The molecular formula is C22H20OS2. The smallest absolute Gasteiger partial charge is 0.247 e. The summed E-state index contributed by atoms with van der Waals surface area (Å²) in [4.78, 5) is 12.7. The Labute approximate surface area is 157 Å². The van der Waals surface area contributed by atoms with Gasteiger partial charge in [0.1, 0.15) is 0 Å². The van der Waals surface area contributed by atoms with Gasteiger partial charge in [0.25, 0.3) is 0 Å². The highest BCUT2D eigenvalue weighted by Crippen LogP contribution is 2.50. The van der Waals surface area contributed by atoms with Gasteiger partial charge in [-0.3, -0.25) is 4.79 Å². The van der Waals surface area contributed by atoms with Crippen molar-refractivity contribution in [1.29, 1.82) is 0 Å². The van der Waals surface area contributed by atoms with Crippen molar-refractivity contribution in [2.24, 2.45) is 0 Å². The van der Waals surface area contributed by atoms with E-state index in [0.717, 1.165) is 22.4 Å². The molecule has 0 amide bonds. The first-order chi connectivity index (χ1) is 12.3. The van der Waals surface area contributed by atoms with Crippen LogP contribution in [0.4, 0.5) is 4.79 Å². The van der Waals surface area contributed by atoms with Gasteiger partial charge < -0.3 is 0 Å². The molecule has 0 saturated carbocycles. The van der Waals surface area contributed by atoms with Gasteiger partial charge in [0.2, 0.25) is 4.45 Å². The van der Waals surface area contributed by atoms with Crippen LogP contribution in [0, 0.1) is 0 Å². The van der Waals surface area contributed by atoms with E-state index in [1.165, 1.54) is 23.5 Å². The molecule has 0 aliphatic heterocycles. The summed E-state index contributed by atoms with van der Waals surface area (Å²) < 4.78 is -0.415. The van der Waals surface area contributed by atoms with Crippen LogP contribution in [0.15, 0.2) is 91.0 Å². The van der Waals surface area contributed by atoms with E-state index in [9.17, 15) is 4.79 Å². The fourth-order valence-corrected chi connectivity index (χ4v) is 5.18. The third kappa shape index (κ3) is 3.83. The summed E-state index contributed by atoms with van der Waals surface area (Å²) in [5.41, 5.74) is 3.34. The number of thioether (sulfide) groups is 2. The van der Waals surface area contributed by atoms with Gasteiger partial charge in [-0.1, -0.05) is 121 Å². The highest BCUT2D eigenvalue weighted by Gasteiger charge is 2.39. The van der Waals surface area contributed by atoms with Crippen molar-refractivity contribution < 1.29 is 4.79 Å². The maximum atomic E-state index is 12.7. The molecule has 3 aromatic carbocycles. The zero-order chi connectivity index (χ0) is 17.5. The highest BCUT2D eigenvalue weighted by molar-refractivity contribution is 8.39. The van der Waals surface area contributed by atoms with E-state index in [2.05, 4.69) is 36.4 Å². The molecule has 3 rings (SSSR count). The third-order valence-corrected chi connectivity index (χ3v) is 6.35. The van der Waals surface area contributed by atoms with E-state index >= 15 is 0 Å². The minimum atomic E-state index is -0.553. The van der Waals surface area contributed by atoms with Crippen molar-refractivity contribution >= 4 is 28.0 Å². The lowest BCUT2D eigenvalue weighted by Crippen LogP contribution is -2.26. The quantitative estimate of drug-likeness (QED) is 0.476. The monoisotopic (exact) mass is 364 g/mol. The zero-order valence-corrected chi connectivity index (χ0v) is 15.7. The average molecular weight is 365 g/mol. The molecule has 0 aromatic heterocycles. The molecule has 0 aliphatic rings. The van der Waals surface area contributed by atoms with Gasteiger partial charge in [-0.15, -0.1) is 0 Å². The van der Waals surface area contributed by atoms with Crippen molar-refractivity contribution in [3.8, 4) is 0 Å². The third-order valence-electron chi connectivity index (χ3n) is 4.04. The number of hydrogen-bond acceptors (Lipinski definition) is 3. The molecule has 0 fully saturated rings. The van der Waals surface area contributed by atoms with Crippen LogP contribution in [-0.4, -0.2) is 10.2 Å². The van der Waals surface area contributed by atoms with Crippen molar-refractivity contribution in [3.05, 3.63) is 108 Å². The number of rotatable bonds is 5. The molecule has 0 unspecified atom stereocenters. The Balaban J connectivity index is 2.26. The van der Waals surface area contributed by atoms with Crippen molar-refractivity contribution in [3.63, 3.8) is 0 Å². The van der Waals surface area contributed by atoms with E-state index in [0.29, 0.717) is 0 Å². The Hall–Kier alpha value is -1.97. The first kappa shape index (κ1) is 17.8. The van der Waals surface area contributed by atoms with Crippen LogP contribution in [0.1, 0.15) is 23.6 Å². The van der Waals surface area contributed by atoms with Gasteiger partial charge in [0, 0.05) is 0 Å². The molecule has 0 saturated heterocycles. The van der Waals surface area contributed by atoms with Crippen LogP contribution in [0.3, 0.4) is 0 Å². The Kier molecular flexibility index (Phi) is 6.00. The SMILES string of the molecule is CCSC(=O)SC(c1ccccc1)(c1ccccc1)c1ccccc1. The van der Waals surface area contributed by atoms with E-state index < -0.39 is 4.75 Å². The molecule has 0 bridgehead atoms. The standard InChI is InChI=1S/C22H20OS2/c1-2-24-21(23)25-22(18-12-6-3-7-13-18,19-14-8-4-9-15-19)20-16-10-5-11-17-20/h3-17H,2H2,1H3. The summed E-state index contributed by atoms with van der Waals surface area (Å²) in [5.74, 6) is 0.778. The Morgan fingerprint density at radius 1 is 0.720 bits per heavy atom. The summed E-state index contributed by atoms with van der Waals surface area (Å²) in [6.07, 6.45) is 0. The lowest BCUT2D eigenvalue weighted by atomic mass is 9.84. The van der Waals surface area contributed by atoms with Gasteiger partial charge in [0.05, 0.1) is 4.75 Å². The summed E-state index contributed by atoms with van der Waals surface area (Å²) >= 11 is 2.77. The maximum Gasteiger partial charge on any atom is 0.247 e. The molecule has 0 spiro atoms. The van der Waals surface area contributed by atoms with E-state index in [-0.39, 0.29) is 4.45 Å². The molecule has 126 valence electrons.